The van der Waals surface area contributed by atoms with Crippen molar-refractivity contribution in [2.75, 3.05) is 5.32 Å². The van der Waals surface area contributed by atoms with Crippen molar-refractivity contribution in [3.63, 3.8) is 0 Å². The summed E-state index contributed by atoms with van der Waals surface area (Å²) in [6.07, 6.45) is 2.84. The summed E-state index contributed by atoms with van der Waals surface area (Å²) in [4.78, 5) is 22.0. The molecule has 106 valence electrons. The number of carbonyl (C=O) groups excluding carboxylic acids is 2. The Kier molecular flexibility index (Phi) is 4.53. The lowest BCUT2D eigenvalue weighted by molar-refractivity contribution is -0.144. The summed E-state index contributed by atoms with van der Waals surface area (Å²) < 4.78 is 5.15. The molecule has 0 radical (unpaired) electrons. The van der Waals surface area contributed by atoms with Crippen LogP contribution in [0.25, 0.3) is 0 Å². The molecule has 5 heteroatoms. The normalized spacial score (nSPS) is 23.6. The highest BCUT2D eigenvalue weighted by Crippen LogP contribution is 2.23. The summed E-state index contributed by atoms with van der Waals surface area (Å²) in [5.41, 5.74) is 1.36. The van der Waals surface area contributed by atoms with E-state index in [1.165, 1.54) is 0 Å². The van der Waals surface area contributed by atoms with E-state index in [-0.39, 0.29) is 18.4 Å². The Labute approximate surface area is 117 Å². The molecule has 2 N–H and O–H groups in total. The summed E-state index contributed by atoms with van der Waals surface area (Å²) in [6.45, 7) is 1.79. The first kappa shape index (κ1) is 14.3. The fourth-order valence-corrected chi connectivity index (χ4v) is 2.20. The quantitative estimate of drug-likeness (QED) is 0.484. The number of allylic oxidation sites excluding steroid dienone is 1. The summed E-state index contributed by atoms with van der Waals surface area (Å²) in [7, 11) is 0. The number of anilines is 1. The number of aliphatic hydroxyl groups excluding tert-OH is 1. The van der Waals surface area contributed by atoms with Gasteiger partial charge >= 0.3 is 5.97 Å². The lowest BCUT2D eigenvalue weighted by atomic mass is 10.0. The monoisotopic (exact) mass is 275 g/mol. The molecule has 0 spiro atoms. The predicted octanol–water partition coefficient (Wildman–Crippen LogP) is 1.53. The van der Waals surface area contributed by atoms with Gasteiger partial charge < -0.3 is 15.2 Å². The third-order valence-corrected chi connectivity index (χ3v) is 3.18. The number of carbonyl (C=O) groups is 2. The first-order chi connectivity index (χ1) is 9.63. The molecule has 3 atom stereocenters. The summed E-state index contributed by atoms with van der Waals surface area (Å²) in [5.74, 6) is -0.333. The molecule has 1 saturated heterocycles. The van der Waals surface area contributed by atoms with Gasteiger partial charge in [-0.2, -0.15) is 0 Å². The van der Waals surface area contributed by atoms with Crippen LogP contribution in [0.1, 0.15) is 23.7 Å². The average molecular weight is 275 g/mol. The van der Waals surface area contributed by atoms with E-state index in [4.69, 9.17) is 4.74 Å². The second-order valence-corrected chi connectivity index (χ2v) is 4.67. The van der Waals surface area contributed by atoms with Crippen LogP contribution in [0.2, 0.25) is 0 Å². The number of hydrogen-bond acceptors (Lipinski definition) is 5. The van der Waals surface area contributed by atoms with Crippen molar-refractivity contribution in [2.45, 2.75) is 31.6 Å². The number of aliphatic hydroxyl groups is 1. The Morgan fingerprint density at radius 1 is 1.40 bits per heavy atom. The van der Waals surface area contributed by atoms with Crippen LogP contribution in [-0.4, -0.2) is 35.6 Å². The van der Waals surface area contributed by atoms with E-state index < -0.39 is 12.2 Å². The van der Waals surface area contributed by atoms with Gasteiger partial charge in [-0.3, -0.25) is 9.59 Å². The molecule has 1 aliphatic heterocycles. The molecule has 1 aromatic carbocycles. The maximum absolute atomic E-state index is 11.4. The maximum atomic E-state index is 11.4. The van der Waals surface area contributed by atoms with E-state index in [0.29, 0.717) is 5.56 Å². The van der Waals surface area contributed by atoms with Gasteiger partial charge in [-0.15, -0.1) is 0 Å². The van der Waals surface area contributed by atoms with Gasteiger partial charge in [0.1, 0.15) is 12.4 Å². The van der Waals surface area contributed by atoms with Gasteiger partial charge in [0.2, 0.25) is 0 Å². The van der Waals surface area contributed by atoms with E-state index >= 15 is 0 Å². The van der Waals surface area contributed by atoms with Gasteiger partial charge in [0.15, 0.2) is 6.10 Å². The topological polar surface area (TPSA) is 75.6 Å². The van der Waals surface area contributed by atoms with Crippen LogP contribution in [0.5, 0.6) is 0 Å². The Bertz CT molecular complexity index is 509. The second-order valence-electron chi connectivity index (χ2n) is 4.67. The number of esters is 1. The first-order valence-electron chi connectivity index (χ1n) is 6.46. The smallest absolute Gasteiger partial charge is 0.308 e. The highest BCUT2D eigenvalue weighted by molar-refractivity contribution is 5.76. The summed E-state index contributed by atoms with van der Waals surface area (Å²) in [6, 6.07) is 6.59. The minimum Gasteiger partial charge on any atom is -0.457 e. The van der Waals surface area contributed by atoms with Crippen LogP contribution in [0, 0.1) is 0 Å². The number of ether oxygens (including phenoxy) is 1. The van der Waals surface area contributed by atoms with Gasteiger partial charge in [0.05, 0.1) is 12.5 Å². The molecule has 0 unspecified atom stereocenters. The SMILES string of the molecule is CC=C[C@H](O)[C@@H]1OC(=O)C[C@H]1Nc1ccc(C=O)cc1. The standard InChI is InChI=1S/C15H17NO4/c1-2-3-13(18)15-12(8-14(19)20-15)16-11-6-4-10(9-17)5-7-11/h2-7,9,12-13,15-16,18H,8H2,1H3/t12-,13+,15-/m1/s1. The summed E-state index contributed by atoms with van der Waals surface area (Å²) >= 11 is 0. The van der Waals surface area contributed by atoms with Crippen molar-refractivity contribution >= 4 is 17.9 Å². The lowest BCUT2D eigenvalue weighted by Gasteiger charge is -2.22. The molecule has 1 aliphatic rings. The maximum Gasteiger partial charge on any atom is 0.308 e. The number of benzene rings is 1. The molecular weight excluding hydrogens is 258 g/mol. The van der Waals surface area contributed by atoms with E-state index in [1.54, 1.807) is 43.3 Å². The number of rotatable bonds is 5. The van der Waals surface area contributed by atoms with Crippen LogP contribution in [0.4, 0.5) is 5.69 Å². The molecule has 0 amide bonds. The van der Waals surface area contributed by atoms with Crippen LogP contribution < -0.4 is 5.32 Å². The van der Waals surface area contributed by atoms with Crippen molar-refractivity contribution < 1.29 is 19.4 Å². The molecule has 0 aliphatic carbocycles. The molecule has 0 saturated carbocycles. The second kappa shape index (κ2) is 6.34. The van der Waals surface area contributed by atoms with Gasteiger partial charge in [0.25, 0.3) is 0 Å². The summed E-state index contributed by atoms with van der Waals surface area (Å²) in [5, 5.41) is 13.1. The zero-order valence-corrected chi connectivity index (χ0v) is 11.2. The molecule has 2 rings (SSSR count). The van der Waals surface area contributed by atoms with E-state index in [1.807, 2.05) is 0 Å². The Morgan fingerprint density at radius 3 is 2.70 bits per heavy atom. The minimum atomic E-state index is -0.835. The molecular formula is C15H17NO4. The number of cyclic esters (lactones) is 1. The largest absolute Gasteiger partial charge is 0.457 e. The zero-order chi connectivity index (χ0) is 14.5. The van der Waals surface area contributed by atoms with E-state index in [9.17, 15) is 14.7 Å². The van der Waals surface area contributed by atoms with Crippen LogP contribution >= 0.6 is 0 Å². The van der Waals surface area contributed by atoms with Gasteiger partial charge in [-0.1, -0.05) is 12.2 Å². The van der Waals surface area contributed by atoms with Crippen LogP contribution in [0.3, 0.4) is 0 Å². The third-order valence-electron chi connectivity index (χ3n) is 3.18. The molecule has 1 aromatic rings. The third kappa shape index (κ3) is 3.24. The highest BCUT2D eigenvalue weighted by atomic mass is 16.6. The molecule has 5 nitrogen and oxygen atoms in total. The van der Waals surface area contributed by atoms with Crippen molar-refractivity contribution in [1.82, 2.24) is 0 Å². The fourth-order valence-electron chi connectivity index (χ4n) is 2.20. The Hall–Kier alpha value is -2.14. The predicted molar refractivity (Wildman–Crippen MR) is 74.6 cm³/mol. The van der Waals surface area contributed by atoms with E-state index in [2.05, 4.69) is 5.32 Å². The number of aldehydes is 1. The molecule has 1 heterocycles. The zero-order valence-electron chi connectivity index (χ0n) is 11.2. The van der Waals surface area contributed by atoms with Gasteiger partial charge in [0, 0.05) is 11.3 Å². The molecule has 0 aromatic heterocycles. The molecule has 20 heavy (non-hydrogen) atoms. The van der Waals surface area contributed by atoms with Crippen LogP contribution in [0.15, 0.2) is 36.4 Å². The van der Waals surface area contributed by atoms with Crippen molar-refractivity contribution in [1.29, 1.82) is 0 Å². The van der Waals surface area contributed by atoms with Gasteiger partial charge in [-0.25, -0.2) is 0 Å². The lowest BCUT2D eigenvalue weighted by Crippen LogP contribution is -2.38. The fraction of sp³-hybridized carbons (Fsp3) is 0.333. The minimum absolute atomic E-state index is 0.203. The van der Waals surface area contributed by atoms with Crippen molar-refractivity contribution in [2.24, 2.45) is 0 Å². The highest BCUT2D eigenvalue weighted by Gasteiger charge is 2.38. The number of nitrogens with one attached hydrogen (secondary N) is 1. The van der Waals surface area contributed by atoms with Crippen molar-refractivity contribution in [3.05, 3.63) is 42.0 Å². The Balaban J connectivity index is 2.08. The average Bonchev–Trinajstić information content (AvgIpc) is 2.81. The van der Waals surface area contributed by atoms with Crippen LogP contribution in [-0.2, 0) is 9.53 Å². The van der Waals surface area contributed by atoms with Gasteiger partial charge in [-0.05, 0) is 31.2 Å². The van der Waals surface area contributed by atoms with Crippen molar-refractivity contribution in [3.8, 4) is 0 Å². The first-order valence-corrected chi connectivity index (χ1v) is 6.46. The number of hydrogen-bond donors (Lipinski definition) is 2. The molecule has 0 bridgehead atoms. The Morgan fingerprint density at radius 2 is 2.10 bits per heavy atom. The van der Waals surface area contributed by atoms with E-state index in [0.717, 1.165) is 12.0 Å². The molecule has 1 fully saturated rings.